The molecule has 2 heteroatoms. The van der Waals surface area contributed by atoms with E-state index < -0.39 is 0 Å². The molecule has 0 radical (unpaired) electrons. The highest BCUT2D eigenvalue weighted by atomic mass is 16.5. The quantitative estimate of drug-likeness (QED) is 0.757. The lowest BCUT2D eigenvalue weighted by atomic mass is 9.69. The Labute approximate surface area is 92.0 Å². The molecule has 15 heavy (non-hydrogen) atoms. The molecule has 6 atom stereocenters. The van der Waals surface area contributed by atoms with Gasteiger partial charge in [-0.05, 0) is 62.7 Å². The van der Waals surface area contributed by atoms with Crippen LogP contribution in [-0.2, 0) is 4.74 Å². The van der Waals surface area contributed by atoms with E-state index in [1.807, 2.05) is 0 Å². The average Bonchev–Trinajstić information content (AvgIpc) is 2.75. The van der Waals surface area contributed by atoms with Gasteiger partial charge in [-0.25, -0.2) is 0 Å². The van der Waals surface area contributed by atoms with Crippen molar-refractivity contribution in [3.8, 4) is 0 Å². The first-order valence-electron chi connectivity index (χ1n) is 6.59. The molecular weight excluding hydrogens is 188 g/mol. The van der Waals surface area contributed by atoms with Gasteiger partial charge >= 0.3 is 0 Å². The predicted molar refractivity (Wildman–Crippen MR) is 58.5 cm³/mol. The fourth-order valence-corrected chi connectivity index (χ4v) is 4.55. The van der Waals surface area contributed by atoms with Gasteiger partial charge in [-0.3, -0.25) is 0 Å². The van der Waals surface area contributed by atoms with Crippen LogP contribution in [0, 0.1) is 23.7 Å². The maximum atomic E-state index is 9.90. The monoisotopic (exact) mass is 210 g/mol. The Hall–Kier alpha value is -0.0800. The van der Waals surface area contributed by atoms with Crippen LogP contribution in [0.4, 0.5) is 0 Å². The number of aliphatic hydroxyl groups is 1. The number of hydrogen-bond donors (Lipinski definition) is 1. The Bertz CT molecular complexity index is 241. The van der Waals surface area contributed by atoms with Crippen LogP contribution >= 0.6 is 0 Å². The highest BCUT2D eigenvalue weighted by molar-refractivity contribution is 5.03. The molecule has 0 amide bonds. The molecule has 86 valence electrons. The van der Waals surface area contributed by atoms with Crippen LogP contribution < -0.4 is 0 Å². The minimum absolute atomic E-state index is 0.0277. The topological polar surface area (TPSA) is 29.5 Å². The zero-order valence-electron chi connectivity index (χ0n) is 9.56. The minimum atomic E-state index is 0.0277. The Morgan fingerprint density at radius 1 is 1.07 bits per heavy atom. The van der Waals surface area contributed by atoms with Crippen LogP contribution in [0.15, 0.2) is 0 Å². The molecule has 0 aromatic carbocycles. The van der Waals surface area contributed by atoms with Crippen molar-refractivity contribution in [3.05, 3.63) is 0 Å². The van der Waals surface area contributed by atoms with E-state index in [1.54, 1.807) is 0 Å². The number of aliphatic hydroxyl groups excluding tert-OH is 1. The summed E-state index contributed by atoms with van der Waals surface area (Å²) in [6.45, 7) is 2.95. The predicted octanol–water partition coefficient (Wildman–Crippen LogP) is 2.21. The van der Waals surface area contributed by atoms with Gasteiger partial charge in [-0.2, -0.15) is 0 Å². The van der Waals surface area contributed by atoms with Crippen LogP contribution in [0.25, 0.3) is 0 Å². The van der Waals surface area contributed by atoms with Crippen molar-refractivity contribution >= 4 is 0 Å². The van der Waals surface area contributed by atoms with Crippen LogP contribution in [0.5, 0.6) is 0 Å². The first-order valence-corrected chi connectivity index (χ1v) is 6.59. The molecule has 0 aromatic heterocycles. The lowest BCUT2D eigenvalue weighted by Crippen LogP contribution is -2.37. The largest absolute Gasteiger partial charge is 0.393 e. The normalized spacial score (nSPS) is 53.2. The minimum Gasteiger partial charge on any atom is -0.393 e. The molecule has 6 unspecified atom stereocenters. The molecule has 2 bridgehead atoms. The summed E-state index contributed by atoms with van der Waals surface area (Å²) in [5.74, 6) is 3.17. The maximum Gasteiger partial charge on any atom is 0.0578 e. The van der Waals surface area contributed by atoms with Gasteiger partial charge in [0.05, 0.1) is 12.2 Å². The van der Waals surface area contributed by atoms with E-state index in [-0.39, 0.29) is 6.10 Å². The van der Waals surface area contributed by atoms with Crippen LogP contribution in [0.2, 0.25) is 0 Å². The molecule has 3 rings (SSSR count). The SMILES string of the molecule is CCOC1CCC2C3CC(CC3O)C2C1. The van der Waals surface area contributed by atoms with E-state index in [9.17, 15) is 5.11 Å². The van der Waals surface area contributed by atoms with Gasteiger partial charge in [-0.15, -0.1) is 0 Å². The second-order valence-electron chi connectivity index (χ2n) is 5.68. The van der Waals surface area contributed by atoms with Gasteiger partial charge in [0.2, 0.25) is 0 Å². The van der Waals surface area contributed by atoms with Gasteiger partial charge in [0.1, 0.15) is 0 Å². The van der Waals surface area contributed by atoms with Gasteiger partial charge in [0, 0.05) is 6.61 Å². The van der Waals surface area contributed by atoms with Crippen molar-refractivity contribution in [1.29, 1.82) is 0 Å². The van der Waals surface area contributed by atoms with E-state index in [2.05, 4.69) is 6.92 Å². The highest BCUT2D eigenvalue weighted by Crippen LogP contribution is 2.57. The molecule has 0 aromatic rings. The fraction of sp³-hybridized carbons (Fsp3) is 1.00. The molecule has 3 aliphatic carbocycles. The summed E-state index contributed by atoms with van der Waals surface area (Å²) in [5.41, 5.74) is 0. The Morgan fingerprint density at radius 2 is 1.93 bits per heavy atom. The molecule has 2 nitrogen and oxygen atoms in total. The Kier molecular flexibility index (Phi) is 2.52. The third kappa shape index (κ3) is 1.53. The second kappa shape index (κ2) is 3.74. The second-order valence-corrected chi connectivity index (χ2v) is 5.68. The average molecular weight is 210 g/mol. The van der Waals surface area contributed by atoms with Gasteiger partial charge < -0.3 is 9.84 Å². The summed E-state index contributed by atoms with van der Waals surface area (Å²) >= 11 is 0. The Balaban J connectivity index is 1.67. The smallest absolute Gasteiger partial charge is 0.0578 e. The summed E-state index contributed by atoms with van der Waals surface area (Å²) in [4.78, 5) is 0. The summed E-state index contributed by atoms with van der Waals surface area (Å²) < 4.78 is 5.76. The lowest BCUT2D eigenvalue weighted by molar-refractivity contribution is -0.0337. The van der Waals surface area contributed by atoms with Crippen molar-refractivity contribution in [3.63, 3.8) is 0 Å². The van der Waals surface area contributed by atoms with Crippen molar-refractivity contribution in [2.75, 3.05) is 6.61 Å². The van der Waals surface area contributed by atoms with Crippen molar-refractivity contribution in [1.82, 2.24) is 0 Å². The van der Waals surface area contributed by atoms with Crippen molar-refractivity contribution in [2.45, 2.75) is 51.2 Å². The maximum absolute atomic E-state index is 9.90. The molecular formula is C13H22O2. The summed E-state index contributed by atoms with van der Waals surface area (Å²) in [6.07, 6.45) is 6.72. The molecule has 3 saturated carbocycles. The van der Waals surface area contributed by atoms with E-state index >= 15 is 0 Å². The zero-order chi connectivity index (χ0) is 10.4. The van der Waals surface area contributed by atoms with E-state index in [1.165, 1.54) is 25.7 Å². The van der Waals surface area contributed by atoms with Crippen LogP contribution in [0.3, 0.4) is 0 Å². The number of rotatable bonds is 2. The summed E-state index contributed by atoms with van der Waals surface area (Å²) in [5, 5.41) is 9.90. The third-order valence-corrected chi connectivity index (χ3v) is 5.08. The first-order chi connectivity index (χ1) is 7.29. The molecule has 1 N–H and O–H groups in total. The molecule has 0 spiro atoms. The summed E-state index contributed by atoms with van der Waals surface area (Å²) in [6, 6.07) is 0. The van der Waals surface area contributed by atoms with Crippen molar-refractivity contribution < 1.29 is 9.84 Å². The van der Waals surface area contributed by atoms with E-state index in [0.717, 1.165) is 30.8 Å². The first kappa shape index (κ1) is 10.1. The molecule has 3 aliphatic rings. The van der Waals surface area contributed by atoms with Crippen LogP contribution in [0.1, 0.15) is 39.0 Å². The zero-order valence-corrected chi connectivity index (χ0v) is 9.56. The van der Waals surface area contributed by atoms with E-state index in [0.29, 0.717) is 12.0 Å². The highest BCUT2D eigenvalue weighted by Gasteiger charge is 2.53. The number of ether oxygens (including phenoxy) is 1. The third-order valence-electron chi connectivity index (χ3n) is 5.08. The van der Waals surface area contributed by atoms with Gasteiger partial charge in [-0.1, -0.05) is 0 Å². The lowest BCUT2D eigenvalue weighted by Gasteiger charge is -2.40. The molecule has 0 heterocycles. The summed E-state index contributed by atoms with van der Waals surface area (Å²) in [7, 11) is 0. The molecule has 0 saturated heterocycles. The van der Waals surface area contributed by atoms with Crippen LogP contribution in [-0.4, -0.2) is 23.9 Å². The molecule has 0 aliphatic heterocycles. The molecule has 3 fully saturated rings. The van der Waals surface area contributed by atoms with Gasteiger partial charge in [0.25, 0.3) is 0 Å². The Morgan fingerprint density at radius 3 is 2.73 bits per heavy atom. The number of hydrogen-bond acceptors (Lipinski definition) is 2. The van der Waals surface area contributed by atoms with E-state index in [4.69, 9.17) is 4.74 Å². The number of fused-ring (bicyclic) bond motifs is 5. The standard InChI is InChI=1S/C13H22O2/c1-2-15-9-3-4-10-11(7-9)8-5-12(10)13(14)6-8/h8-14H,2-7H2,1H3. The van der Waals surface area contributed by atoms with Gasteiger partial charge in [0.15, 0.2) is 0 Å². The van der Waals surface area contributed by atoms with Crippen molar-refractivity contribution in [2.24, 2.45) is 23.7 Å². The fourth-order valence-electron chi connectivity index (χ4n) is 4.55.